The van der Waals surface area contributed by atoms with Crippen molar-refractivity contribution in [3.8, 4) is 0 Å². The molecule has 1 atom stereocenters. The lowest BCUT2D eigenvalue weighted by molar-refractivity contribution is -0.121. The largest absolute Gasteiger partial charge is 0.331 e. The summed E-state index contributed by atoms with van der Waals surface area (Å²) in [6, 6.07) is -0.0343. The van der Waals surface area contributed by atoms with Crippen molar-refractivity contribution in [2.75, 3.05) is 32.5 Å². The Morgan fingerprint density at radius 1 is 1.12 bits per heavy atom. The van der Waals surface area contributed by atoms with Gasteiger partial charge >= 0.3 is 6.03 Å². The second-order valence-electron chi connectivity index (χ2n) is 7.23. The summed E-state index contributed by atoms with van der Waals surface area (Å²) in [6.45, 7) is 1.18. The zero-order chi connectivity index (χ0) is 17.8. The zero-order valence-corrected chi connectivity index (χ0v) is 15.8. The molecule has 0 radical (unpaired) electrons. The number of aromatic nitrogens is 2. The van der Waals surface area contributed by atoms with Crippen molar-refractivity contribution >= 4 is 28.4 Å². The maximum atomic E-state index is 12.6. The van der Waals surface area contributed by atoms with E-state index in [9.17, 15) is 9.59 Å². The number of carbonyl (C=O) groups excluding carboxylic acids is 2. The molecule has 1 aromatic heterocycles. The molecule has 3 rings (SSSR count). The van der Waals surface area contributed by atoms with E-state index in [1.807, 2.05) is 0 Å². The molecule has 3 amide bonds. The first-order chi connectivity index (χ1) is 12.0. The molecule has 8 heteroatoms. The number of likely N-dealkylation sites (tertiary alicyclic amines) is 1. The first kappa shape index (κ1) is 18.1. The van der Waals surface area contributed by atoms with Crippen LogP contribution in [0.2, 0.25) is 0 Å². The maximum absolute atomic E-state index is 12.6. The maximum Gasteiger partial charge on any atom is 0.319 e. The number of amides is 3. The average molecular weight is 366 g/mol. The lowest BCUT2D eigenvalue weighted by Gasteiger charge is -2.33. The summed E-state index contributed by atoms with van der Waals surface area (Å²) in [6.07, 6.45) is 7.81. The number of rotatable bonds is 3. The van der Waals surface area contributed by atoms with Gasteiger partial charge in [0.15, 0.2) is 0 Å². The zero-order valence-electron chi connectivity index (χ0n) is 15.0. The minimum absolute atomic E-state index is 0.0343. The van der Waals surface area contributed by atoms with Gasteiger partial charge < -0.3 is 15.1 Å². The normalized spacial score (nSPS) is 21.8. The number of piperidine rings is 1. The highest BCUT2D eigenvalue weighted by atomic mass is 32.1. The van der Waals surface area contributed by atoms with E-state index in [1.165, 1.54) is 43.4 Å². The summed E-state index contributed by atoms with van der Waals surface area (Å²) in [7, 11) is 3.47. The molecule has 1 saturated heterocycles. The van der Waals surface area contributed by atoms with E-state index in [0.717, 1.165) is 17.8 Å². The molecule has 1 saturated carbocycles. The second kappa shape index (κ2) is 8.12. The van der Waals surface area contributed by atoms with Crippen LogP contribution in [0, 0.1) is 5.92 Å². The van der Waals surface area contributed by atoms with Crippen LogP contribution in [0.3, 0.4) is 0 Å². The van der Waals surface area contributed by atoms with Crippen molar-refractivity contribution < 1.29 is 9.59 Å². The van der Waals surface area contributed by atoms with Gasteiger partial charge in [0.25, 0.3) is 0 Å². The van der Waals surface area contributed by atoms with Crippen LogP contribution in [0.4, 0.5) is 9.93 Å². The summed E-state index contributed by atoms with van der Waals surface area (Å²) < 4.78 is 0. The molecule has 138 valence electrons. The van der Waals surface area contributed by atoms with Gasteiger partial charge in [-0.25, -0.2) is 4.79 Å². The Bertz CT molecular complexity index is 612. The average Bonchev–Trinajstić information content (AvgIpc) is 3.10. The molecule has 2 heterocycles. The van der Waals surface area contributed by atoms with Crippen molar-refractivity contribution in [3.05, 3.63) is 5.01 Å². The first-order valence-electron chi connectivity index (χ1n) is 9.15. The number of nitrogens with zero attached hydrogens (tertiary/aromatic N) is 4. The van der Waals surface area contributed by atoms with Crippen molar-refractivity contribution in [1.29, 1.82) is 0 Å². The van der Waals surface area contributed by atoms with Crippen LogP contribution in [0.1, 0.15) is 55.9 Å². The van der Waals surface area contributed by atoms with Gasteiger partial charge in [-0.3, -0.25) is 4.79 Å². The third kappa shape index (κ3) is 4.48. The van der Waals surface area contributed by atoms with E-state index >= 15 is 0 Å². The number of anilines is 1. The SMILES string of the molecule is CN(C)C(=O)N1CCC[C@@H](C(=O)Nc2nnc(C3CCCCC3)s2)C1. The van der Waals surface area contributed by atoms with E-state index in [0.29, 0.717) is 24.1 Å². The van der Waals surface area contributed by atoms with Crippen LogP contribution in [0.15, 0.2) is 0 Å². The van der Waals surface area contributed by atoms with Crippen LogP contribution in [0.25, 0.3) is 0 Å². The summed E-state index contributed by atoms with van der Waals surface area (Å²) in [5.41, 5.74) is 0. The quantitative estimate of drug-likeness (QED) is 0.893. The van der Waals surface area contributed by atoms with Crippen LogP contribution >= 0.6 is 11.3 Å². The molecule has 2 fully saturated rings. The van der Waals surface area contributed by atoms with Gasteiger partial charge in [0.1, 0.15) is 5.01 Å². The number of nitrogens with one attached hydrogen (secondary N) is 1. The first-order valence-corrected chi connectivity index (χ1v) is 9.96. The summed E-state index contributed by atoms with van der Waals surface area (Å²) >= 11 is 1.50. The van der Waals surface area contributed by atoms with E-state index in [1.54, 1.807) is 23.9 Å². The minimum Gasteiger partial charge on any atom is -0.331 e. The Morgan fingerprint density at radius 2 is 1.88 bits per heavy atom. The molecule has 1 N–H and O–H groups in total. The van der Waals surface area contributed by atoms with Gasteiger partial charge in [-0.15, -0.1) is 10.2 Å². The Balaban J connectivity index is 1.56. The van der Waals surface area contributed by atoms with Gasteiger partial charge in [0, 0.05) is 33.1 Å². The van der Waals surface area contributed by atoms with Crippen molar-refractivity contribution in [2.45, 2.75) is 50.9 Å². The van der Waals surface area contributed by atoms with Gasteiger partial charge in [0.05, 0.1) is 5.92 Å². The number of hydrogen-bond donors (Lipinski definition) is 1. The number of hydrogen-bond acceptors (Lipinski definition) is 5. The predicted octanol–water partition coefficient (Wildman–Crippen LogP) is 2.92. The smallest absolute Gasteiger partial charge is 0.319 e. The van der Waals surface area contributed by atoms with Gasteiger partial charge in [-0.2, -0.15) is 0 Å². The van der Waals surface area contributed by atoms with Gasteiger partial charge in [-0.05, 0) is 25.7 Å². The molecule has 0 spiro atoms. The topological polar surface area (TPSA) is 78.4 Å². The molecule has 0 bridgehead atoms. The Hall–Kier alpha value is -1.70. The van der Waals surface area contributed by atoms with Gasteiger partial charge in [0.2, 0.25) is 11.0 Å². The summed E-state index contributed by atoms with van der Waals surface area (Å²) in [5.74, 6) is 0.266. The monoisotopic (exact) mass is 365 g/mol. The Morgan fingerprint density at radius 3 is 2.60 bits per heavy atom. The molecule has 0 unspecified atom stereocenters. The lowest BCUT2D eigenvalue weighted by Crippen LogP contribution is -2.47. The van der Waals surface area contributed by atoms with Crippen LogP contribution in [0.5, 0.6) is 0 Å². The molecule has 2 aliphatic rings. The Kier molecular flexibility index (Phi) is 5.88. The third-order valence-electron chi connectivity index (χ3n) is 5.07. The van der Waals surface area contributed by atoms with E-state index < -0.39 is 0 Å². The van der Waals surface area contributed by atoms with Crippen LogP contribution < -0.4 is 5.32 Å². The fourth-order valence-corrected chi connectivity index (χ4v) is 4.57. The van der Waals surface area contributed by atoms with Crippen molar-refractivity contribution in [2.24, 2.45) is 5.92 Å². The summed E-state index contributed by atoms with van der Waals surface area (Å²) in [4.78, 5) is 28.0. The number of urea groups is 1. The van der Waals surface area contributed by atoms with Crippen LogP contribution in [-0.4, -0.2) is 59.1 Å². The molecular weight excluding hydrogens is 338 g/mol. The van der Waals surface area contributed by atoms with Crippen molar-refractivity contribution in [3.63, 3.8) is 0 Å². The predicted molar refractivity (Wildman–Crippen MR) is 97.7 cm³/mol. The van der Waals surface area contributed by atoms with Crippen LogP contribution in [-0.2, 0) is 4.79 Å². The molecule has 1 aliphatic carbocycles. The van der Waals surface area contributed by atoms with Crippen molar-refractivity contribution in [1.82, 2.24) is 20.0 Å². The second-order valence-corrected chi connectivity index (χ2v) is 8.24. The van der Waals surface area contributed by atoms with Gasteiger partial charge in [-0.1, -0.05) is 30.6 Å². The van der Waals surface area contributed by atoms with E-state index in [4.69, 9.17) is 0 Å². The van der Waals surface area contributed by atoms with E-state index in [-0.39, 0.29) is 17.9 Å². The minimum atomic E-state index is -0.181. The third-order valence-corrected chi connectivity index (χ3v) is 6.07. The molecule has 1 aromatic rings. The lowest BCUT2D eigenvalue weighted by atomic mass is 9.90. The number of carbonyl (C=O) groups is 2. The standard InChI is InChI=1S/C17H27N5O2S/c1-21(2)17(24)22-10-6-9-13(11-22)14(23)18-16-20-19-15(25-16)12-7-4-3-5-8-12/h12-13H,3-11H2,1-2H3,(H,18,20,23)/t13-/m1/s1. The highest BCUT2D eigenvalue weighted by Gasteiger charge is 2.30. The molecule has 1 aliphatic heterocycles. The molecule has 25 heavy (non-hydrogen) atoms. The molecular formula is C17H27N5O2S. The fourth-order valence-electron chi connectivity index (χ4n) is 3.65. The molecule has 7 nitrogen and oxygen atoms in total. The highest BCUT2D eigenvalue weighted by molar-refractivity contribution is 7.15. The Labute approximate surface area is 152 Å². The highest BCUT2D eigenvalue weighted by Crippen LogP contribution is 2.35. The molecule has 0 aromatic carbocycles. The fraction of sp³-hybridized carbons (Fsp3) is 0.765. The van der Waals surface area contributed by atoms with E-state index in [2.05, 4.69) is 15.5 Å². The summed E-state index contributed by atoms with van der Waals surface area (Å²) in [5, 5.41) is 13.0.